The Kier molecular flexibility index (Phi) is 3.46. The average molecular weight is 264 g/mol. The first-order valence-electron chi connectivity index (χ1n) is 5.40. The molecule has 98 valence electrons. The molecule has 1 N–H and O–H groups in total. The Morgan fingerprint density at radius 1 is 1.16 bits per heavy atom. The molecule has 0 amide bonds. The first-order chi connectivity index (χ1) is 9.04. The van der Waals surface area contributed by atoms with Gasteiger partial charge in [0.15, 0.2) is 0 Å². The minimum atomic E-state index is -0.972. The van der Waals surface area contributed by atoms with Gasteiger partial charge in [-0.15, -0.1) is 0 Å². The molecule has 0 aliphatic carbocycles. The summed E-state index contributed by atoms with van der Waals surface area (Å²) in [7, 11) is 1.40. The largest absolute Gasteiger partial charge is 0.507 e. The fourth-order valence-electron chi connectivity index (χ4n) is 1.68. The zero-order valence-corrected chi connectivity index (χ0v) is 9.98. The second-order valence-corrected chi connectivity index (χ2v) is 3.81. The predicted molar refractivity (Wildman–Crippen MR) is 64.4 cm³/mol. The number of aromatic hydroxyl groups is 1. The highest BCUT2D eigenvalue weighted by Crippen LogP contribution is 2.27. The summed E-state index contributed by atoms with van der Waals surface area (Å²) >= 11 is 0. The van der Waals surface area contributed by atoms with Crippen LogP contribution in [0, 0.1) is 11.6 Å². The molecule has 0 unspecified atom stereocenters. The molecule has 19 heavy (non-hydrogen) atoms. The summed E-state index contributed by atoms with van der Waals surface area (Å²) in [5.74, 6) is -2.92. The van der Waals surface area contributed by atoms with Crippen LogP contribution in [0.2, 0.25) is 0 Å². The Morgan fingerprint density at radius 3 is 2.32 bits per heavy atom. The number of phenols is 1. The molecule has 0 bridgehead atoms. The number of carbonyl (C=O) groups excluding carboxylic acids is 1. The van der Waals surface area contributed by atoms with Gasteiger partial charge in [0.1, 0.15) is 23.1 Å². The topological polar surface area (TPSA) is 46.5 Å². The van der Waals surface area contributed by atoms with Crippen molar-refractivity contribution >= 4 is 5.78 Å². The summed E-state index contributed by atoms with van der Waals surface area (Å²) in [6.07, 6.45) is 0. The molecule has 0 radical (unpaired) electrons. The van der Waals surface area contributed by atoms with E-state index < -0.39 is 28.7 Å². The zero-order chi connectivity index (χ0) is 14.0. The van der Waals surface area contributed by atoms with Gasteiger partial charge in [0.2, 0.25) is 5.78 Å². The number of methoxy groups -OCH3 is 1. The average Bonchev–Trinajstić information content (AvgIpc) is 2.38. The van der Waals surface area contributed by atoms with E-state index in [2.05, 4.69) is 0 Å². The molecule has 5 heteroatoms. The molecule has 0 spiro atoms. The fourth-order valence-corrected chi connectivity index (χ4v) is 1.68. The third-order valence-electron chi connectivity index (χ3n) is 2.64. The van der Waals surface area contributed by atoms with E-state index in [1.54, 1.807) is 0 Å². The number of rotatable bonds is 3. The smallest absolute Gasteiger partial charge is 0.202 e. The van der Waals surface area contributed by atoms with E-state index in [-0.39, 0.29) is 5.56 Å². The highest BCUT2D eigenvalue weighted by molar-refractivity contribution is 6.11. The molecule has 0 atom stereocenters. The third-order valence-corrected chi connectivity index (χ3v) is 2.64. The molecule has 0 saturated heterocycles. The van der Waals surface area contributed by atoms with Crippen molar-refractivity contribution in [2.45, 2.75) is 0 Å². The summed E-state index contributed by atoms with van der Waals surface area (Å²) in [6, 6.07) is 7.00. The van der Waals surface area contributed by atoms with E-state index in [4.69, 9.17) is 4.74 Å². The number of halogens is 2. The van der Waals surface area contributed by atoms with Crippen molar-refractivity contribution in [3.63, 3.8) is 0 Å². The first-order valence-corrected chi connectivity index (χ1v) is 5.40. The second-order valence-electron chi connectivity index (χ2n) is 3.81. The molecule has 3 nitrogen and oxygen atoms in total. The number of hydrogen-bond donors (Lipinski definition) is 1. The summed E-state index contributed by atoms with van der Waals surface area (Å²) in [4.78, 5) is 12.0. The van der Waals surface area contributed by atoms with Crippen LogP contribution in [0.1, 0.15) is 15.9 Å². The summed E-state index contributed by atoms with van der Waals surface area (Å²) < 4.78 is 31.9. The van der Waals surface area contributed by atoms with E-state index in [0.717, 1.165) is 18.2 Å². The Bertz CT molecular complexity index is 618. The number of phenolic OH excluding ortho intramolecular Hbond substituents is 1. The lowest BCUT2D eigenvalue weighted by Gasteiger charge is -2.07. The maximum absolute atomic E-state index is 13.5. The Hall–Kier alpha value is -2.43. The van der Waals surface area contributed by atoms with E-state index >= 15 is 0 Å². The molecular weight excluding hydrogens is 254 g/mol. The van der Waals surface area contributed by atoms with Crippen LogP contribution in [-0.2, 0) is 0 Å². The van der Waals surface area contributed by atoms with Crippen LogP contribution in [0.25, 0.3) is 0 Å². The van der Waals surface area contributed by atoms with Crippen LogP contribution in [0.15, 0.2) is 36.4 Å². The third kappa shape index (κ3) is 2.40. The van der Waals surface area contributed by atoms with Crippen LogP contribution >= 0.6 is 0 Å². The van der Waals surface area contributed by atoms with Crippen molar-refractivity contribution in [3.05, 3.63) is 59.2 Å². The zero-order valence-electron chi connectivity index (χ0n) is 9.98. The molecular formula is C14H10F2O3. The van der Waals surface area contributed by atoms with Gasteiger partial charge in [0.25, 0.3) is 0 Å². The summed E-state index contributed by atoms with van der Waals surface area (Å²) in [5, 5.41) is 9.69. The van der Waals surface area contributed by atoms with Gasteiger partial charge in [0, 0.05) is 6.07 Å². The van der Waals surface area contributed by atoms with Crippen LogP contribution in [0.3, 0.4) is 0 Å². The van der Waals surface area contributed by atoms with Gasteiger partial charge in [-0.25, -0.2) is 8.78 Å². The van der Waals surface area contributed by atoms with Crippen molar-refractivity contribution < 1.29 is 23.4 Å². The van der Waals surface area contributed by atoms with Gasteiger partial charge in [0.05, 0.1) is 18.2 Å². The van der Waals surface area contributed by atoms with Gasteiger partial charge in [-0.1, -0.05) is 6.07 Å². The standard InChI is InChI=1S/C14H10F2O3/c1-19-8-5-6-9(12(17)7-8)14(18)13-10(15)3-2-4-11(13)16/h2-7,17H,1H3. The van der Waals surface area contributed by atoms with Gasteiger partial charge < -0.3 is 9.84 Å². The lowest BCUT2D eigenvalue weighted by atomic mass is 10.0. The van der Waals surface area contributed by atoms with Gasteiger partial charge in [-0.3, -0.25) is 4.79 Å². The predicted octanol–water partition coefficient (Wildman–Crippen LogP) is 2.91. The normalized spacial score (nSPS) is 10.3. The number of hydrogen-bond acceptors (Lipinski definition) is 3. The molecule has 0 fully saturated rings. The molecule has 0 saturated carbocycles. The van der Waals surface area contributed by atoms with Crippen molar-refractivity contribution in [2.75, 3.05) is 7.11 Å². The number of carbonyl (C=O) groups is 1. The van der Waals surface area contributed by atoms with Gasteiger partial charge in [-0.2, -0.15) is 0 Å². The number of ether oxygens (including phenoxy) is 1. The Morgan fingerprint density at radius 2 is 1.79 bits per heavy atom. The molecule has 0 heterocycles. The molecule has 0 aromatic heterocycles. The highest BCUT2D eigenvalue weighted by atomic mass is 19.1. The molecule has 2 aromatic rings. The monoisotopic (exact) mass is 264 g/mol. The minimum absolute atomic E-state index is 0.190. The van der Waals surface area contributed by atoms with Crippen molar-refractivity contribution in [2.24, 2.45) is 0 Å². The maximum Gasteiger partial charge on any atom is 0.202 e. The van der Waals surface area contributed by atoms with Crippen molar-refractivity contribution in [1.29, 1.82) is 0 Å². The van der Waals surface area contributed by atoms with Crippen molar-refractivity contribution in [1.82, 2.24) is 0 Å². The molecule has 2 aromatic carbocycles. The quantitative estimate of drug-likeness (QED) is 0.867. The van der Waals surface area contributed by atoms with Crippen molar-refractivity contribution in [3.8, 4) is 11.5 Å². The maximum atomic E-state index is 13.5. The van der Waals surface area contributed by atoms with Crippen LogP contribution in [0.5, 0.6) is 11.5 Å². The van der Waals surface area contributed by atoms with Crippen LogP contribution in [-0.4, -0.2) is 18.0 Å². The van der Waals surface area contributed by atoms with Crippen LogP contribution < -0.4 is 4.74 Å². The first kappa shape index (κ1) is 13.0. The fraction of sp³-hybridized carbons (Fsp3) is 0.0714. The molecule has 0 aliphatic heterocycles. The summed E-state index contributed by atoms with van der Waals surface area (Å²) in [5.41, 5.74) is -0.882. The van der Waals surface area contributed by atoms with E-state index in [9.17, 15) is 18.7 Å². The minimum Gasteiger partial charge on any atom is -0.507 e. The summed E-state index contributed by atoms with van der Waals surface area (Å²) in [6.45, 7) is 0. The molecule has 2 rings (SSSR count). The van der Waals surface area contributed by atoms with E-state index in [1.807, 2.05) is 0 Å². The second kappa shape index (κ2) is 5.06. The highest BCUT2D eigenvalue weighted by Gasteiger charge is 2.21. The van der Waals surface area contributed by atoms with E-state index in [1.165, 1.54) is 25.3 Å². The number of ketones is 1. The SMILES string of the molecule is COc1ccc(C(=O)c2c(F)cccc2F)c(O)c1. The molecule has 0 aliphatic rings. The van der Waals surface area contributed by atoms with E-state index in [0.29, 0.717) is 5.75 Å². The van der Waals surface area contributed by atoms with Crippen LogP contribution in [0.4, 0.5) is 8.78 Å². The lowest BCUT2D eigenvalue weighted by molar-refractivity contribution is 0.102. The van der Waals surface area contributed by atoms with Gasteiger partial charge in [-0.05, 0) is 24.3 Å². The lowest BCUT2D eigenvalue weighted by Crippen LogP contribution is -2.07. The number of benzene rings is 2. The Balaban J connectivity index is 2.51. The Labute approximate surface area is 108 Å². The van der Waals surface area contributed by atoms with Gasteiger partial charge >= 0.3 is 0 Å².